The van der Waals surface area contributed by atoms with Gasteiger partial charge in [0.15, 0.2) is 0 Å². The number of nitrogens with zero attached hydrogens (tertiary/aromatic N) is 1. The minimum atomic E-state index is 0.697. The maximum Gasteiger partial charge on any atom is -0.00713 e. The fourth-order valence-electron chi connectivity index (χ4n) is 1.62. The smallest absolute Gasteiger partial charge is 0.00713 e. The Bertz CT molecular complexity index is 586. The molecule has 0 N–H and O–H groups in total. The number of allylic oxidation sites excluding steroid dienone is 6. The topological polar surface area (TPSA) is 22.3 Å². The van der Waals surface area contributed by atoms with E-state index >= 15 is 0 Å². The average Bonchev–Trinajstić information content (AvgIpc) is 2.83. The van der Waals surface area contributed by atoms with Crippen molar-refractivity contribution in [2.45, 2.75) is 6.92 Å². The van der Waals surface area contributed by atoms with Crippen molar-refractivity contribution >= 4 is 11.9 Å². The molecule has 16 heavy (non-hydrogen) atoms. The molecular weight excluding hydrogens is 194 g/mol. The van der Waals surface area contributed by atoms with Crippen LogP contribution >= 0.6 is 0 Å². The van der Waals surface area contributed by atoms with Gasteiger partial charge in [0.2, 0.25) is 0 Å². The van der Waals surface area contributed by atoms with E-state index in [1.54, 1.807) is 0 Å². The van der Waals surface area contributed by atoms with E-state index in [0.717, 1.165) is 5.22 Å². The first-order valence-corrected chi connectivity index (χ1v) is 5.20. The van der Waals surface area contributed by atoms with Crippen LogP contribution in [0.15, 0.2) is 59.7 Å². The molecule has 2 rings (SSSR count). The zero-order valence-electron chi connectivity index (χ0n) is 9.14. The van der Waals surface area contributed by atoms with E-state index in [-0.39, 0.29) is 0 Å². The molecule has 0 saturated carbocycles. The molecule has 1 aromatic carbocycles. The van der Waals surface area contributed by atoms with E-state index in [4.69, 9.17) is 5.41 Å². The first-order valence-electron chi connectivity index (χ1n) is 5.20. The van der Waals surface area contributed by atoms with Crippen LogP contribution in [0.1, 0.15) is 6.92 Å². The van der Waals surface area contributed by atoms with Gasteiger partial charge in [-0.05, 0) is 40.6 Å². The molecule has 0 fully saturated rings. The number of hydrogen-bond acceptors (Lipinski definition) is 0. The Labute approximate surface area is 94.9 Å². The van der Waals surface area contributed by atoms with Crippen LogP contribution in [0.3, 0.4) is 0 Å². The van der Waals surface area contributed by atoms with E-state index < -0.39 is 0 Å². The molecule has 1 aromatic rings. The predicted octanol–water partition coefficient (Wildman–Crippen LogP) is 1.82. The lowest BCUT2D eigenvalue weighted by Crippen LogP contribution is -2.07. The van der Waals surface area contributed by atoms with E-state index in [9.17, 15) is 0 Å². The molecule has 78 valence electrons. The third-order valence-corrected chi connectivity index (χ3v) is 2.54. The zero-order valence-corrected chi connectivity index (χ0v) is 9.14. The lowest BCUT2D eigenvalue weighted by molar-refractivity contribution is 1.48. The summed E-state index contributed by atoms with van der Waals surface area (Å²) in [6.45, 7) is 2.09. The molecule has 0 saturated heterocycles. The molecule has 0 unspecified atom stereocenters. The fraction of sp³-hybridized carbons (Fsp3) is 0.0667. The van der Waals surface area contributed by atoms with E-state index in [1.165, 1.54) is 11.1 Å². The fourth-order valence-corrected chi connectivity index (χ4v) is 1.62. The summed E-state index contributed by atoms with van der Waals surface area (Å²) in [4.78, 5) is 0. The molecule has 0 bridgehead atoms. The Morgan fingerprint density at radius 2 is 1.75 bits per heavy atom. The molecule has 1 aliphatic rings. The summed E-state index contributed by atoms with van der Waals surface area (Å²) < 4.78 is 0. The standard InChI is InChI=1S/C15H12N/c1-12(15-4-2-3-5-15)10-13-6-8-14(11-16)9-7-13/h2-10H,1H3/q-1. The number of rotatable bonds is 1. The van der Waals surface area contributed by atoms with Crippen LogP contribution in [0, 0.1) is 0 Å². The van der Waals surface area contributed by atoms with E-state index in [1.807, 2.05) is 36.4 Å². The summed E-state index contributed by atoms with van der Waals surface area (Å²) in [5.74, 6) is 2.11. The minimum absolute atomic E-state index is 0.697. The van der Waals surface area contributed by atoms with Crippen molar-refractivity contribution in [1.82, 2.24) is 0 Å². The Hall–Kier alpha value is -2.11. The molecule has 1 aliphatic carbocycles. The van der Waals surface area contributed by atoms with Gasteiger partial charge in [-0.3, -0.25) is 5.87 Å². The highest BCUT2D eigenvalue weighted by atomic mass is 14.3. The highest BCUT2D eigenvalue weighted by Crippen LogP contribution is 2.13. The molecule has 1 nitrogen and oxygen atoms in total. The second kappa shape index (κ2) is 4.61. The van der Waals surface area contributed by atoms with Gasteiger partial charge in [-0.25, -0.2) is 0 Å². The largest absolute Gasteiger partial charge is 0.763 e. The monoisotopic (exact) mass is 206 g/mol. The SMILES string of the molecule is CC(C=c1ccc(=C=[N-])cc1)=C1C=CC=C1. The highest BCUT2D eigenvalue weighted by Gasteiger charge is 1.94. The second-order valence-electron chi connectivity index (χ2n) is 3.73. The average molecular weight is 206 g/mol. The summed E-state index contributed by atoms with van der Waals surface area (Å²) >= 11 is 0. The van der Waals surface area contributed by atoms with Gasteiger partial charge in [0, 0.05) is 0 Å². The molecule has 0 spiro atoms. The van der Waals surface area contributed by atoms with Crippen LogP contribution in [0.5, 0.6) is 0 Å². The van der Waals surface area contributed by atoms with Gasteiger partial charge >= 0.3 is 0 Å². The van der Waals surface area contributed by atoms with Crippen molar-refractivity contribution < 1.29 is 0 Å². The summed E-state index contributed by atoms with van der Waals surface area (Å²) in [7, 11) is 0. The second-order valence-corrected chi connectivity index (χ2v) is 3.73. The van der Waals surface area contributed by atoms with Crippen molar-refractivity contribution in [1.29, 1.82) is 0 Å². The molecule has 0 aromatic heterocycles. The normalized spacial score (nSPS) is 12.7. The summed E-state index contributed by atoms with van der Waals surface area (Å²) in [6, 6.07) is 7.60. The van der Waals surface area contributed by atoms with Gasteiger partial charge in [-0.15, -0.1) is 0 Å². The molecule has 0 radical (unpaired) electrons. The lowest BCUT2D eigenvalue weighted by Gasteiger charge is -1.96. The van der Waals surface area contributed by atoms with Gasteiger partial charge in [0.25, 0.3) is 0 Å². The van der Waals surface area contributed by atoms with Gasteiger partial charge < -0.3 is 5.41 Å². The minimum Gasteiger partial charge on any atom is -0.763 e. The Morgan fingerprint density at radius 1 is 1.12 bits per heavy atom. The van der Waals surface area contributed by atoms with Crippen LogP contribution < -0.4 is 10.4 Å². The van der Waals surface area contributed by atoms with Gasteiger partial charge in [-0.2, -0.15) is 0 Å². The van der Waals surface area contributed by atoms with Crippen LogP contribution in [0.4, 0.5) is 0 Å². The maximum atomic E-state index is 8.70. The molecule has 0 aliphatic heterocycles. The van der Waals surface area contributed by atoms with Crippen LogP contribution in [-0.4, -0.2) is 5.87 Å². The van der Waals surface area contributed by atoms with Crippen LogP contribution in [-0.2, 0) is 0 Å². The van der Waals surface area contributed by atoms with Crippen molar-refractivity contribution in [2.24, 2.45) is 0 Å². The Balaban J connectivity index is 2.44. The van der Waals surface area contributed by atoms with Crippen LogP contribution in [0.25, 0.3) is 11.5 Å². The van der Waals surface area contributed by atoms with Crippen molar-refractivity contribution in [3.05, 3.63) is 75.6 Å². The summed E-state index contributed by atoms with van der Waals surface area (Å²) in [6.07, 6.45) is 10.4. The van der Waals surface area contributed by atoms with Crippen molar-refractivity contribution in [2.75, 3.05) is 0 Å². The quantitative estimate of drug-likeness (QED) is 0.625. The Kier molecular flexibility index (Phi) is 3.00. The van der Waals surface area contributed by atoms with E-state index in [0.29, 0.717) is 5.22 Å². The summed E-state index contributed by atoms with van der Waals surface area (Å²) in [5.41, 5.74) is 2.47. The predicted molar refractivity (Wildman–Crippen MR) is 68.6 cm³/mol. The maximum absolute atomic E-state index is 8.70. The van der Waals surface area contributed by atoms with Gasteiger partial charge in [0.05, 0.1) is 0 Å². The third-order valence-electron chi connectivity index (χ3n) is 2.54. The van der Waals surface area contributed by atoms with Crippen molar-refractivity contribution in [3.63, 3.8) is 0 Å². The van der Waals surface area contributed by atoms with E-state index in [2.05, 4.69) is 31.0 Å². The molecule has 0 amide bonds. The van der Waals surface area contributed by atoms with Crippen molar-refractivity contribution in [3.8, 4) is 0 Å². The molecule has 1 heteroatoms. The highest BCUT2D eigenvalue weighted by molar-refractivity contribution is 5.58. The number of hydrogen-bond donors (Lipinski definition) is 0. The Morgan fingerprint density at radius 3 is 2.31 bits per heavy atom. The number of benzene rings is 1. The zero-order chi connectivity index (χ0) is 11.4. The van der Waals surface area contributed by atoms with Gasteiger partial charge in [-0.1, -0.05) is 42.5 Å². The molecule has 0 heterocycles. The first kappa shape index (κ1) is 10.4. The van der Waals surface area contributed by atoms with Gasteiger partial charge in [0.1, 0.15) is 0 Å². The first-order chi connectivity index (χ1) is 7.79. The third kappa shape index (κ3) is 2.28. The molecule has 0 atom stereocenters. The summed E-state index contributed by atoms with van der Waals surface area (Å²) in [5, 5.41) is 10.5. The molecular formula is C15H12N-. The lowest BCUT2D eigenvalue weighted by atomic mass is 10.1. The van der Waals surface area contributed by atoms with Crippen LogP contribution in [0.2, 0.25) is 0 Å².